The first-order valence-corrected chi connectivity index (χ1v) is 7.12. The molecule has 0 bridgehead atoms. The summed E-state index contributed by atoms with van der Waals surface area (Å²) in [5.41, 5.74) is -1.01. The average Bonchev–Trinajstić information content (AvgIpc) is 2.45. The highest BCUT2D eigenvalue weighted by molar-refractivity contribution is 5.31. The normalized spacial score (nSPS) is 18.1. The monoisotopic (exact) mass is 305 g/mol. The van der Waals surface area contributed by atoms with Crippen LogP contribution in [0.3, 0.4) is 0 Å². The Hall–Kier alpha value is -1.14. The Labute approximate surface area is 121 Å². The highest BCUT2D eigenvalue weighted by Gasteiger charge is 2.36. The van der Waals surface area contributed by atoms with Gasteiger partial charge in [-0.3, -0.25) is 0 Å². The third-order valence-corrected chi connectivity index (χ3v) is 3.99. The lowest BCUT2D eigenvalue weighted by molar-refractivity contribution is -0.140. The summed E-state index contributed by atoms with van der Waals surface area (Å²) in [5.74, 6) is -1.29. The van der Waals surface area contributed by atoms with E-state index in [2.05, 4.69) is 4.90 Å². The number of aliphatic hydroxyl groups excluding tert-OH is 1. The molecule has 1 saturated heterocycles. The molecular weight excluding hydrogens is 286 g/mol. The van der Waals surface area contributed by atoms with Crippen LogP contribution in [0.5, 0.6) is 0 Å². The molecule has 118 valence electrons. The SMILES string of the molecule is OCCCN1CCC(c2cccc(C(F)(F)F)c2F)CC1. The molecule has 21 heavy (non-hydrogen) atoms. The van der Waals surface area contributed by atoms with Gasteiger partial charge in [0.2, 0.25) is 0 Å². The molecule has 6 heteroatoms. The number of hydrogen-bond donors (Lipinski definition) is 1. The highest BCUT2D eigenvalue weighted by atomic mass is 19.4. The first-order valence-electron chi connectivity index (χ1n) is 7.12. The number of rotatable bonds is 4. The van der Waals surface area contributed by atoms with Crippen LogP contribution in [0.1, 0.15) is 36.3 Å². The lowest BCUT2D eigenvalue weighted by Gasteiger charge is -2.32. The summed E-state index contributed by atoms with van der Waals surface area (Å²) in [6, 6.07) is 3.52. The first-order chi connectivity index (χ1) is 9.93. The molecule has 0 radical (unpaired) electrons. The van der Waals surface area contributed by atoms with Crippen LogP contribution in [0.4, 0.5) is 17.6 Å². The van der Waals surface area contributed by atoms with Gasteiger partial charge in [0.15, 0.2) is 0 Å². The van der Waals surface area contributed by atoms with E-state index in [9.17, 15) is 17.6 Å². The minimum atomic E-state index is -4.65. The van der Waals surface area contributed by atoms with Crippen molar-refractivity contribution >= 4 is 0 Å². The van der Waals surface area contributed by atoms with Crippen LogP contribution in [0.25, 0.3) is 0 Å². The van der Waals surface area contributed by atoms with E-state index in [1.54, 1.807) is 0 Å². The Bertz CT molecular complexity index is 467. The number of benzene rings is 1. The van der Waals surface area contributed by atoms with E-state index in [-0.39, 0.29) is 18.1 Å². The molecule has 0 unspecified atom stereocenters. The van der Waals surface area contributed by atoms with Gasteiger partial charge in [-0.1, -0.05) is 12.1 Å². The third kappa shape index (κ3) is 3.95. The smallest absolute Gasteiger partial charge is 0.396 e. The summed E-state index contributed by atoms with van der Waals surface area (Å²) in [4.78, 5) is 2.15. The van der Waals surface area contributed by atoms with Crippen LogP contribution in [-0.2, 0) is 6.18 Å². The fourth-order valence-corrected chi connectivity index (χ4v) is 2.85. The summed E-state index contributed by atoms with van der Waals surface area (Å²) < 4.78 is 52.3. The van der Waals surface area contributed by atoms with E-state index >= 15 is 0 Å². The minimum absolute atomic E-state index is 0.127. The summed E-state index contributed by atoms with van der Waals surface area (Å²) in [6.07, 6.45) is -2.68. The summed E-state index contributed by atoms with van der Waals surface area (Å²) in [7, 11) is 0. The standard InChI is InChI=1S/C15H19F4NO/c16-14-12(3-1-4-13(14)15(17,18)19)11-5-8-20(9-6-11)7-2-10-21/h1,3-4,11,21H,2,5-10H2. The minimum Gasteiger partial charge on any atom is -0.396 e. The van der Waals surface area contributed by atoms with Crippen LogP contribution >= 0.6 is 0 Å². The van der Waals surface area contributed by atoms with Gasteiger partial charge in [0, 0.05) is 13.2 Å². The van der Waals surface area contributed by atoms with Crippen molar-refractivity contribution in [2.75, 3.05) is 26.2 Å². The van der Waals surface area contributed by atoms with Crippen molar-refractivity contribution in [3.63, 3.8) is 0 Å². The van der Waals surface area contributed by atoms with Crippen molar-refractivity contribution in [2.24, 2.45) is 0 Å². The molecule has 1 N–H and O–H groups in total. The Kier molecular flexibility index (Phi) is 5.22. The van der Waals surface area contributed by atoms with Gasteiger partial charge >= 0.3 is 6.18 Å². The Morgan fingerprint density at radius 3 is 2.43 bits per heavy atom. The van der Waals surface area contributed by atoms with E-state index in [1.165, 1.54) is 12.1 Å². The van der Waals surface area contributed by atoms with Gasteiger partial charge in [-0.05, 0) is 49.9 Å². The Balaban J connectivity index is 2.07. The van der Waals surface area contributed by atoms with E-state index in [0.29, 0.717) is 19.3 Å². The molecule has 0 spiro atoms. The van der Waals surface area contributed by atoms with Crippen LogP contribution < -0.4 is 0 Å². The van der Waals surface area contributed by atoms with E-state index in [1.807, 2.05) is 0 Å². The average molecular weight is 305 g/mol. The lowest BCUT2D eigenvalue weighted by Crippen LogP contribution is -2.34. The van der Waals surface area contributed by atoms with Gasteiger partial charge in [0.05, 0.1) is 5.56 Å². The van der Waals surface area contributed by atoms with Gasteiger partial charge in [0.25, 0.3) is 0 Å². The molecule has 1 aliphatic heterocycles. The predicted octanol–water partition coefficient (Wildman–Crippen LogP) is 3.41. The maximum atomic E-state index is 14.1. The van der Waals surface area contributed by atoms with E-state index < -0.39 is 17.6 Å². The zero-order valence-corrected chi connectivity index (χ0v) is 11.7. The van der Waals surface area contributed by atoms with Crippen molar-refractivity contribution < 1.29 is 22.7 Å². The molecule has 1 aliphatic rings. The van der Waals surface area contributed by atoms with Crippen LogP contribution in [-0.4, -0.2) is 36.2 Å². The number of halogens is 4. The highest BCUT2D eigenvalue weighted by Crippen LogP contribution is 2.36. The quantitative estimate of drug-likeness (QED) is 0.862. The van der Waals surface area contributed by atoms with Crippen LogP contribution in [0.15, 0.2) is 18.2 Å². The summed E-state index contributed by atoms with van der Waals surface area (Å²) in [6.45, 7) is 2.34. The van der Waals surface area contributed by atoms with Crippen molar-refractivity contribution in [1.82, 2.24) is 4.90 Å². The molecule has 0 aliphatic carbocycles. The molecular formula is C15H19F4NO. The molecule has 0 atom stereocenters. The van der Waals surface area contributed by atoms with E-state index in [0.717, 1.165) is 25.7 Å². The van der Waals surface area contributed by atoms with Gasteiger partial charge in [-0.2, -0.15) is 13.2 Å². The number of likely N-dealkylation sites (tertiary alicyclic amines) is 1. The topological polar surface area (TPSA) is 23.5 Å². The second-order valence-electron chi connectivity index (χ2n) is 5.40. The lowest BCUT2D eigenvalue weighted by atomic mass is 9.88. The molecule has 1 heterocycles. The summed E-state index contributed by atoms with van der Waals surface area (Å²) >= 11 is 0. The van der Waals surface area contributed by atoms with Crippen molar-refractivity contribution in [1.29, 1.82) is 0 Å². The number of hydrogen-bond acceptors (Lipinski definition) is 2. The maximum Gasteiger partial charge on any atom is 0.419 e. The fourth-order valence-electron chi connectivity index (χ4n) is 2.85. The Morgan fingerprint density at radius 2 is 1.86 bits per heavy atom. The Morgan fingerprint density at radius 1 is 1.19 bits per heavy atom. The first kappa shape index (κ1) is 16.2. The van der Waals surface area contributed by atoms with Crippen molar-refractivity contribution in [3.05, 3.63) is 35.1 Å². The van der Waals surface area contributed by atoms with Crippen molar-refractivity contribution in [2.45, 2.75) is 31.4 Å². The van der Waals surface area contributed by atoms with Gasteiger partial charge in [0.1, 0.15) is 5.82 Å². The number of aliphatic hydroxyl groups is 1. The van der Waals surface area contributed by atoms with Gasteiger partial charge in [-0.25, -0.2) is 4.39 Å². The predicted molar refractivity (Wildman–Crippen MR) is 71.5 cm³/mol. The summed E-state index contributed by atoms with van der Waals surface area (Å²) in [5, 5.41) is 8.79. The van der Waals surface area contributed by atoms with E-state index in [4.69, 9.17) is 5.11 Å². The fraction of sp³-hybridized carbons (Fsp3) is 0.600. The second-order valence-corrected chi connectivity index (χ2v) is 5.40. The zero-order valence-electron chi connectivity index (χ0n) is 11.7. The molecule has 0 saturated carbocycles. The molecule has 1 fully saturated rings. The van der Waals surface area contributed by atoms with Crippen molar-refractivity contribution in [3.8, 4) is 0 Å². The van der Waals surface area contributed by atoms with Crippen LogP contribution in [0.2, 0.25) is 0 Å². The maximum absolute atomic E-state index is 14.1. The zero-order chi connectivity index (χ0) is 15.5. The molecule has 1 aromatic carbocycles. The molecule has 0 aromatic heterocycles. The number of alkyl halides is 3. The number of piperidine rings is 1. The largest absolute Gasteiger partial charge is 0.419 e. The second kappa shape index (κ2) is 6.75. The molecule has 2 nitrogen and oxygen atoms in total. The molecule has 1 aromatic rings. The van der Waals surface area contributed by atoms with Gasteiger partial charge < -0.3 is 10.0 Å². The third-order valence-electron chi connectivity index (χ3n) is 3.99. The molecule has 0 amide bonds. The molecule has 2 rings (SSSR count). The van der Waals surface area contributed by atoms with Gasteiger partial charge in [-0.15, -0.1) is 0 Å². The van der Waals surface area contributed by atoms with Crippen LogP contribution in [0, 0.1) is 5.82 Å². The number of nitrogens with zero attached hydrogens (tertiary/aromatic N) is 1.